The molecule has 1 aliphatic rings. The van der Waals surface area contributed by atoms with Gasteiger partial charge in [0.1, 0.15) is 23.6 Å². The van der Waals surface area contributed by atoms with Crippen LogP contribution in [0, 0.1) is 0 Å². The van der Waals surface area contributed by atoms with Crippen LogP contribution in [0.3, 0.4) is 0 Å². The Morgan fingerprint density at radius 2 is 2.03 bits per heavy atom. The Bertz CT molecular complexity index is 1350. The molecule has 5 rings (SSSR count). The number of nitrogens with two attached hydrogens (primary N) is 1. The van der Waals surface area contributed by atoms with Crippen molar-refractivity contribution in [2.24, 2.45) is 0 Å². The predicted molar refractivity (Wildman–Crippen MR) is 134 cm³/mol. The number of piperidine rings is 1. The molecule has 0 radical (unpaired) electrons. The van der Waals surface area contributed by atoms with Gasteiger partial charge in [0.25, 0.3) is 0 Å². The van der Waals surface area contributed by atoms with Crippen LogP contribution in [0.2, 0.25) is 0 Å². The molecule has 4 aromatic rings. The summed E-state index contributed by atoms with van der Waals surface area (Å²) in [6.45, 7) is 3.31. The summed E-state index contributed by atoms with van der Waals surface area (Å²) in [7, 11) is 0. The number of hydrogen-bond donors (Lipinski definition) is 1. The third kappa shape index (κ3) is 4.70. The highest BCUT2D eigenvalue weighted by molar-refractivity contribution is 5.98. The van der Waals surface area contributed by atoms with Gasteiger partial charge in [-0.3, -0.25) is 4.79 Å². The Kier molecular flexibility index (Phi) is 6.38. The highest BCUT2D eigenvalue weighted by Crippen LogP contribution is 2.34. The van der Waals surface area contributed by atoms with E-state index in [1.165, 1.54) is 6.33 Å². The van der Waals surface area contributed by atoms with Gasteiger partial charge in [-0.1, -0.05) is 31.2 Å². The number of amides is 1. The summed E-state index contributed by atoms with van der Waals surface area (Å²) in [5.41, 5.74) is 8.37. The van der Waals surface area contributed by atoms with Crippen LogP contribution in [-0.2, 0) is 4.79 Å². The standard InChI is InChI=1S/C26H27N7O2/c1-2-3-11-22(34)32-14-7-8-19(16-32)33-26-23(25(27)29-17-30-26)24(31-33)18-12-13-21(28-15-18)35-20-9-5-4-6-10-20/h3-6,9-13,15,17,19H,2,7-8,14,16H2,1H3,(H2,27,29,30)/b11-3+/t19-/m1/s1. The van der Waals surface area contributed by atoms with Crippen molar-refractivity contribution in [3.63, 3.8) is 0 Å². The van der Waals surface area contributed by atoms with Crippen LogP contribution in [0.5, 0.6) is 11.6 Å². The molecule has 1 aromatic carbocycles. The van der Waals surface area contributed by atoms with Crippen LogP contribution in [0.25, 0.3) is 22.3 Å². The molecule has 0 spiro atoms. The molecule has 0 saturated carbocycles. The van der Waals surface area contributed by atoms with Crippen molar-refractivity contribution in [3.8, 4) is 22.9 Å². The van der Waals surface area contributed by atoms with Gasteiger partial charge in [0, 0.05) is 30.9 Å². The number of fused-ring (bicyclic) bond motifs is 1. The maximum absolute atomic E-state index is 12.6. The van der Waals surface area contributed by atoms with Gasteiger partial charge in [-0.05, 0) is 43.5 Å². The number of nitrogens with zero attached hydrogens (tertiary/aromatic N) is 6. The van der Waals surface area contributed by atoms with Gasteiger partial charge < -0.3 is 15.4 Å². The summed E-state index contributed by atoms with van der Waals surface area (Å²) < 4.78 is 7.70. The highest BCUT2D eigenvalue weighted by Gasteiger charge is 2.28. The third-order valence-electron chi connectivity index (χ3n) is 6.04. The molecule has 9 nitrogen and oxygen atoms in total. The number of hydrogen-bond acceptors (Lipinski definition) is 7. The van der Waals surface area contributed by atoms with Crippen LogP contribution in [-0.4, -0.2) is 48.6 Å². The minimum atomic E-state index is -0.0121. The molecule has 0 unspecified atom stereocenters. The number of likely N-dealkylation sites (tertiary alicyclic amines) is 1. The predicted octanol–water partition coefficient (Wildman–Crippen LogP) is 4.39. The maximum Gasteiger partial charge on any atom is 0.246 e. The Hall–Kier alpha value is -4.27. The van der Waals surface area contributed by atoms with Crippen molar-refractivity contribution in [1.82, 2.24) is 29.6 Å². The Labute approximate surface area is 203 Å². The molecule has 0 bridgehead atoms. The number of anilines is 1. The summed E-state index contributed by atoms with van der Waals surface area (Å²) in [5.74, 6) is 1.58. The van der Waals surface area contributed by atoms with Gasteiger partial charge in [-0.25, -0.2) is 19.6 Å². The number of allylic oxidation sites excluding steroid dienone is 1. The van der Waals surface area contributed by atoms with E-state index in [0.29, 0.717) is 40.7 Å². The van der Waals surface area contributed by atoms with E-state index in [0.717, 1.165) is 31.4 Å². The molecule has 4 heterocycles. The van der Waals surface area contributed by atoms with Crippen LogP contribution < -0.4 is 10.5 Å². The van der Waals surface area contributed by atoms with Crippen LogP contribution >= 0.6 is 0 Å². The van der Waals surface area contributed by atoms with Gasteiger partial charge in [-0.15, -0.1) is 0 Å². The monoisotopic (exact) mass is 469 g/mol. The van der Waals surface area contributed by atoms with Crippen LogP contribution in [0.1, 0.15) is 32.2 Å². The molecule has 1 saturated heterocycles. The number of carbonyl (C=O) groups is 1. The number of aromatic nitrogens is 5. The summed E-state index contributed by atoms with van der Waals surface area (Å²) in [5, 5.41) is 5.59. The van der Waals surface area contributed by atoms with E-state index in [1.807, 2.05) is 59.0 Å². The molecule has 2 N–H and O–H groups in total. The lowest BCUT2D eigenvalue weighted by molar-refractivity contribution is -0.127. The first kappa shape index (κ1) is 22.5. The molecule has 1 atom stereocenters. The Morgan fingerprint density at radius 1 is 1.17 bits per heavy atom. The molecule has 9 heteroatoms. The Balaban J connectivity index is 1.46. The zero-order valence-electron chi connectivity index (χ0n) is 19.5. The highest BCUT2D eigenvalue weighted by atomic mass is 16.5. The third-order valence-corrected chi connectivity index (χ3v) is 6.04. The van der Waals surface area contributed by atoms with E-state index in [-0.39, 0.29) is 11.9 Å². The first-order valence-corrected chi connectivity index (χ1v) is 11.8. The zero-order valence-corrected chi connectivity index (χ0v) is 19.5. The van der Waals surface area contributed by atoms with Gasteiger partial charge in [0.15, 0.2) is 5.65 Å². The smallest absolute Gasteiger partial charge is 0.246 e. The van der Waals surface area contributed by atoms with Gasteiger partial charge in [0.2, 0.25) is 11.8 Å². The van der Waals surface area contributed by atoms with Crippen molar-refractivity contribution in [1.29, 1.82) is 0 Å². The van der Waals surface area contributed by atoms with Crippen molar-refractivity contribution < 1.29 is 9.53 Å². The number of ether oxygens (including phenoxy) is 1. The maximum atomic E-state index is 12.6. The second-order valence-corrected chi connectivity index (χ2v) is 8.44. The fourth-order valence-corrected chi connectivity index (χ4v) is 4.32. The van der Waals surface area contributed by atoms with Crippen molar-refractivity contribution in [2.45, 2.75) is 32.2 Å². The Morgan fingerprint density at radius 3 is 2.80 bits per heavy atom. The van der Waals surface area contributed by atoms with E-state index in [9.17, 15) is 4.79 Å². The van der Waals surface area contributed by atoms with Gasteiger partial charge >= 0.3 is 0 Å². The van der Waals surface area contributed by atoms with Gasteiger partial charge in [0.05, 0.1) is 11.4 Å². The normalized spacial score (nSPS) is 16.1. The molecule has 178 valence electrons. The lowest BCUT2D eigenvalue weighted by Crippen LogP contribution is -2.40. The number of nitrogen functional groups attached to an aromatic ring is 1. The first-order valence-electron chi connectivity index (χ1n) is 11.8. The number of pyridine rings is 1. The number of benzene rings is 1. The summed E-state index contributed by atoms with van der Waals surface area (Å²) >= 11 is 0. The SMILES string of the molecule is CC/C=C/C(=O)N1CCC[C@@H](n2nc(-c3ccc(Oc4ccccc4)nc3)c3c(N)ncnc32)C1. The molecule has 1 amide bonds. The fourth-order valence-electron chi connectivity index (χ4n) is 4.32. The molecule has 1 aliphatic heterocycles. The average molecular weight is 470 g/mol. The summed E-state index contributed by atoms with van der Waals surface area (Å²) in [4.78, 5) is 27.6. The summed E-state index contributed by atoms with van der Waals surface area (Å²) in [6.07, 6.45) is 9.31. The lowest BCUT2D eigenvalue weighted by atomic mass is 10.1. The minimum Gasteiger partial charge on any atom is -0.439 e. The molecular formula is C26H27N7O2. The molecule has 1 fully saturated rings. The zero-order chi connectivity index (χ0) is 24.2. The second kappa shape index (κ2) is 9.92. The largest absolute Gasteiger partial charge is 0.439 e. The molecule has 3 aromatic heterocycles. The fraction of sp³-hybridized carbons (Fsp3) is 0.269. The van der Waals surface area contributed by atoms with Gasteiger partial charge in [-0.2, -0.15) is 5.10 Å². The van der Waals surface area contributed by atoms with E-state index < -0.39 is 0 Å². The van der Waals surface area contributed by atoms with Crippen molar-refractivity contribution in [3.05, 3.63) is 67.1 Å². The van der Waals surface area contributed by atoms with Crippen molar-refractivity contribution in [2.75, 3.05) is 18.8 Å². The van der Waals surface area contributed by atoms with E-state index in [4.69, 9.17) is 15.6 Å². The first-order chi connectivity index (χ1) is 17.1. The topological polar surface area (TPSA) is 112 Å². The molecular weight excluding hydrogens is 442 g/mol. The van der Waals surface area contributed by atoms with Crippen molar-refractivity contribution >= 4 is 22.8 Å². The number of rotatable bonds is 6. The molecule has 35 heavy (non-hydrogen) atoms. The number of para-hydroxylation sites is 1. The lowest BCUT2D eigenvalue weighted by Gasteiger charge is -2.32. The van der Waals surface area contributed by atoms with E-state index in [2.05, 4.69) is 15.0 Å². The van der Waals surface area contributed by atoms with Crippen LogP contribution in [0.4, 0.5) is 5.82 Å². The second-order valence-electron chi connectivity index (χ2n) is 8.44. The average Bonchev–Trinajstić information content (AvgIpc) is 3.29. The van der Waals surface area contributed by atoms with E-state index in [1.54, 1.807) is 18.3 Å². The molecule has 0 aliphatic carbocycles. The number of carbonyl (C=O) groups excluding carboxylic acids is 1. The minimum absolute atomic E-state index is 0.0121. The quantitative estimate of drug-likeness (QED) is 0.417. The summed E-state index contributed by atoms with van der Waals surface area (Å²) in [6, 6.07) is 13.2. The van der Waals surface area contributed by atoms with E-state index >= 15 is 0 Å². The van der Waals surface area contributed by atoms with Crippen LogP contribution in [0.15, 0.2) is 67.1 Å².